The lowest BCUT2D eigenvalue weighted by atomic mass is 10.2. The first-order chi connectivity index (χ1) is 10.1. The summed E-state index contributed by atoms with van der Waals surface area (Å²) in [5.74, 6) is 2.11. The number of nitrogens with two attached hydrogens (primary N) is 1. The number of anilines is 2. The first kappa shape index (κ1) is 15.4. The maximum absolute atomic E-state index is 6.06. The molecule has 0 aliphatic carbocycles. The molecule has 2 aromatic rings. The van der Waals surface area contributed by atoms with Crippen LogP contribution in [0, 0.1) is 5.92 Å². The second-order valence-corrected chi connectivity index (χ2v) is 5.47. The molecule has 21 heavy (non-hydrogen) atoms. The standard InChI is InChI=1S/C15H19ClN4O/c1-10(2)8-21-12-6-4-3-5-11(12)7-18-15-13(16)14(17)19-9-20-15/h3-6,9-10H,7-8H2,1-2H3,(H3,17,18,19,20). The molecule has 0 amide bonds. The Bertz CT molecular complexity index is 604. The molecule has 6 heteroatoms. The molecule has 0 bridgehead atoms. The summed E-state index contributed by atoms with van der Waals surface area (Å²) in [6.07, 6.45) is 1.38. The molecule has 0 aliphatic heterocycles. The number of hydrogen-bond acceptors (Lipinski definition) is 5. The molecule has 2 rings (SSSR count). The topological polar surface area (TPSA) is 73.1 Å². The number of hydrogen-bond donors (Lipinski definition) is 2. The monoisotopic (exact) mass is 306 g/mol. The summed E-state index contributed by atoms with van der Waals surface area (Å²) < 4.78 is 5.81. The number of nitrogens with zero attached hydrogens (tertiary/aromatic N) is 2. The van der Waals surface area contributed by atoms with Gasteiger partial charge in [-0.25, -0.2) is 9.97 Å². The first-order valence-corrected chi connectivity index (χ1v) is 7.16. The molecule has 0 aliphatic rings. The number of ether oxygens (including phenoxy) is 1. The van der Waals surface area contributed by atoms with E-state index in [1.807, 2.05) is 24.3 Å². The van der Waals surface area contributed by atoms with Crippen molar-refractivity contribution in [3.63, 3.8) is 0 Å². The minimum Gasteiger partial charge on any atom is -0.493 e. The van der Waals surface area contributed by atoms with E-state index in [2.05, 4.69) is 29.1 Å². The van der Waals surface area contributed by atoms with Gasteiger partial charge in [0.05, 0.1) is 6.61 Å². The third-order valence-corrected chi connectivity index (χ3v) is 3.18. The molecule has 0 atom stereocenters. The Morgan fingerprint density at radius 2 is 2.05 bits per heavy atom. The minimum absolute atomic E-state index is 0.263. The normalized spacial score (nSPS) is 10.7. The van der Waals surface area contributed by atoms with Gasteiger partial charge in [-0.3, -0.25) is 0 Å². The highest BCUT2D eigenvalue weighted by Crippen LogP contribution is 2.25. The average Bonchev–Trinajstić information content (AvgIpc) is 2.47. The smallest absolute Gasteiger partial charge is 0.150 e. The number of para-hydroxylation sites is 1. The maximum Gasteiger partial charge on any atom is 0.150 e. The Labute approximate surface area is 129 Å². The van der Waals surface area contributed by atoms with Crippen molar-refractivity contribution >= 4 is 23.2 Å². The van der Waals surface area contributed by atoms with Crippen LogP contribution < -0.4 is 15.8 Å². The van der Waals surface area contributed by atoms with Gasteiger partial charge in [0.2, 0.25) is 0 Å². The molecule has 1 aromatic heterocycles. The van der Waals surface area contributed by atoms with Crippen LogP contribution in [0.2, 0.25) is 5.02 Å². The van der Waals surface area contributed by atoms with E-state index in [9.17, 15) is 0 Å². The number of halogens is 1. The van der Waals surface area contributed by atoms with Gasteiger partial charge >= 0.3 is 0 Å². The lowest BCUT2D eigenvalue weighted by Crippen LogP contribution is -2.09. The second-order valence-electron chi connectivity index (χ2n) is 5.09. The van der Waals surface area contributed by atoms with Gasteiger partial charge in [-0.1, -0.05) is 43.6 Å². The first-order valence-electron chi connectivity index (χ1n) is 6.78. The Balaban J connectivity index is 2.07. The van der Waals surface area contributed by atoms with Gasteiger partial charge in [0.25, 0.3) is 0 Å². The second kappa shape index (κ2) is 7.13. The zero-order valence-electron chi connectivity index (χ0n) is 12.1. The average molecular weight is 307 g/mol. The fraction of sp³-hybridized carbons (Fsp3) is 0.333. The van der Waals surface area contributed by atoms with Crippen molar-refractivity contribution in [2.75, 3.05) is 17.7 Å². The Hall–Kier alpha value is -2.01. The Kier molecular flexibility index (Phi) is 5.22. The number of aromatic nitrogens is 2. The lowest BCUT2D eigenvalue weighted by Gasteiger charge is -2.14. The quantitative estimate of drug-likeness (QED) is 0.856. The highest BCUT2D eigenvalue weighted by molar-refractivity contribution is 6.35. The van der Waals surface area contributed by atoms with E-state index in [1.165, 1.54) is 6.33 Å². The van der Waals surface area contributed by atoms with Crippen LogP contribution in [-0.4, -0.2) is 16.6 Å². The molecule has 0 unspecified atom stereocenters. The Morgan fingerprint density at radius 3 is 2.81 bits per heavy atom. The van der Waals surface area contributed by atoms with E-state index >= 15 is 0 Å². The van der Waals surface area contributed by atoms with E-state index in [1.54, 1.807) is 0 Å². The molecule has 0 saturated heterocycles. The molecule has 0 fully saturated rings. The van der Waals surface area contributed by atoms with E-state index in [4.69, 9.17) is 22.1 Å². The van der Waals surface area contributed by atoms with Crippen molar-refractivity contribution in [1.29, 1.82) is 0 Å². The number of nitrogens with one attached hydrogen (secondary N) is 1. The fourth-order valence-electron chi connectivity index (χ4n) is 1.73. The van der Waals surface area contributed by atoms with E-state index in [0.717, 1.165) is 11.3 Å². The van der Waals surface area contributed by atoms with Crippen LogP contribution in [0.5, 0.6) is 5.75 Å². The van der Waals surface area contributed by atoms with Gasteiger partial charge in [-0.05, 0) is 12.0 Å². The summed E-state index contributed by atoms with van der Waals surface area (Å²) in [6.45, 7) is 5.46. The van der Waals surface area contributed by atoms with Crippen LogP contribution in [-0.2, 0) is 6.54 Å². The molecule has 0 radical (unpaired) electrons. The summed E-state index contributed by atoms with van der Waals surface area (Å²) >= 11 is 6.06. The molecular weight excluding hydrogens is 288 g/mol. The number of benzene rings is 1. The van der Waals surface area contributed by atoms with Gasteiger partial charge in [0.1, 0.15) is 22.9 Å². The van der Waals surface area contributed by atoms with Crippen molar-refractivity contribution in [2.45, 2.75) is 20.4 Å². The summed E-state index contributed by atoms with van der Waals surface area (Å²) in [6, 6.07) is 7.88. The van der Waals surface area contributed by atoms with Crippen molar-refractivity contribution < 1.29 is 4.74 Å². The van der Waals surface area contributed by atoms with Gasteiger partial charge in [0.15, 0.2) is 5.82 Å². The number of rotatable bonds is 6. The molecule has 1 aromatic carbocycles. The van der Waals surface area contributed by atoms with Crippen LogP contribution in [0.15, 0.2) is 30.6 Å². The van der Waals surface area contributed by atoms with Gasteiger partial charge in [-0.2, -0.15) is 0 Å². The zero-order chi connectivity index (χ0) is 15.2. The fourth-order valence-corrected chi connectivity index (χ4v) is 1.90. The molecular formula is C15H19ClN4O. The molecule has 0 saturated carbocycles. The number of nitrogen functional groups attached to an aromatic ring is 1. The SMILES string of the molecule is CC(C)COc1ccccc1CNc1ncnc(N)c1Cl. The van der Waals surface area contributed by atoms with Crippen LogP contribution >= 0.6 is 11.6 Å². The molecule has 0 spiro atoms. The van der Waals surface area contributed by atoms with E-state index < -0.39 is 0 Å². The zero-order valence-corrected chi connectivity index (χ0v) is 12.9. The molecule has 3 N–H and O–H groups in total. The largest absolute Gasteiger partial charge is 0.493 e. The molecule has 112 valence electrons. The van der Waals surface area contributed by atoms with Crippen molar-refractivity contribution in [3.05, 3.63) is 41.2 Å². The van der Waals surface area contributed by atoms with Gasteiger partial charge < -0.3 is 15.8 Å². The van der Waals surface area contributed by atoms with E-state index in [0.29, 0.717) is 29.9 Å². The van der Waals surface area contributed by atoms with Crippen LogP contribution in [0.25, 0.3) is 0 Å². The highest BCUT2D eigenvalue weighted by Gasteiger charge is 2.08. The molecule has 1 heterocycles. The third kappa shape index (κ3) is 4.23. The van der Waals surface area contributed by atoms with Crippen molar-refractivity contribution in [2.24, 2.45) is 5.92 Å². The van der Waals surface area contributed by atoms with Crippen LogP contribution in [0.1, 0.15) is 19.4 Å². The predicted octanol–water partition coefficient (Wildman–Crippen LogP) is 3.36. The predicted molar refractivity (Wildman–Crippen MR) is 85.6 cm³/mol. The lowest BCUT2D eigenvalue weighted by molar-refractivity contribution is 0.269. The summed E-state index contributed by atoms with van der Waals surface area (Å²) in [7, 11) is 0. The summed E-state index contributed by atoms with van der Waals surface area (Å²) in [5, 5.41) is 3.49. The maximum atomic E-state index is 6.06. The van der Waals surface area contributed by atoms with Crippen molar-refractivity contribution in [1.82, 2.24) is 9.97 Å². The van der Waals surface area contributed by atoms with Crippen molar-refractivity contribution in [3.8, 4) is 5.75 Å². The van der Waals surface area contributed by atoms with E-state index in [-0.39, 0.29) is 5.82 Å². The minimum atomic E-state index is 0.263. The Morgan fingerprint density at radius 1 is 1.29 bits per heavy atom. The summed E-state index contributed by atoms with van der Waals surface area (Å²) in [5.41, 5.74) is 6.69. The van der Waals surface area contributed by atoms with Crippen LogP contribution in [0.3, 0.4) is 0 Å². The third-order valence-electron chi connectivity index (χ3n) is 2.81. The van der Waals surface area contributed by atoms with Gasteiger partial charge in [0, 0.05) is 12.1 Å². The van der Waals surface area contributed by atoms with Crippen LogP contribution in [0.4, 0.5) is 11.6 Å². The highest BCUT2D eigenvalue weighted by atomic mass is 35.5. The molecule has 5 nitrogen and oxygen atoms in total. The summed E-state index contributed by atoms with van der Waals surface area (Å²) in [4.78, 5) is 7.91. The van der Waals surface area contributed by atoms with Gasteiger partial charge in [-0.15, -0.1) is 0 Å².